The van der Waals surface area contributed by atoms with Crippen LogP contribution in [0.15, 0.2) is 18.2 Å². The van der Waals surface area contributed by atoms with Gasteiger partial charge in [0, 0.05) is 17.7 Å². The van der Waals surface area contributed by atoms with E-state index < -0.39 is 11.2 Å². The number of benzene rings is 2. The largest absolute Gasteiger partial charge is 0.493 e. The first-order chi connectivity index (χ1) is 16.6. The van der Waals surface area contributed by atoms with E-state index in [1.807, 2.05) is 33.8 Å². The van der Waals surface area contributed by atoms with Crippen molar-refractivity contribution in [3.8, 4) is 29.1 Å². The minimum Gasteiger partial charge on any atom is -0.493 e. The highest BCUT2D eigenvalue weighted by atomic mass is 19.1. The number of hydrogen-bond acceptors (Lipinski definition) is 7. The number of ketones is 1. The molecule has 8 nitrogen and oxygen atoms in total. The van der Waals surface area contributed by atoms with Gasteiger partial charge in [0.2, 0.25) is 0 Å². The zero-order chi connectivity index (χ0) is 25.9. The fourth-order valence-electron chi connectivity index (χ4n) is 4.06. The van der Waals surface area contributed by atoms with Crippen molar-refractivity contribution >= 4 is 11.6 Å². The molecular formula is C26H30FN3O5. The van der Waals surface area contributed by atoms with Gasteiger partial charge in [0.25, 0.3) is 0 Å². The van der Waals surface area contributed by atoms with Gasteiger partial charge >= 0.3 is 0 Å². The number of nitriles is 1. The molecule has 0 radical (unpaired) electrons. The summed E-state index contributed by atoms with van der Waals surface area (Å²) in [7, 11) is 2.75. The molecule has 2 aromatic rings. The van der Waals surface area contributed by atoms with E-state index in [-0.39, 0.29) is 48.4 Å². The lowest BCUT2D eigenvalue weighted by molar-refractivity contribution is 0.0962. The van der Waals surface area contributed by atoms with Crippen LogP contribution < -0.4 is 18.9 Å². The number of rotatable bonds is 9. The van der Waals surface area contributed by atoms with E-state index in [0.717, 1.165) is 5.56 Å². The third-order valence-corrected chi connectivity index (χ3v) is 5.71. The molecule has 1 aliphatic rings. The van der Waals surface area contributed by atoms with E-state index in [1.54, 1.807) is 18.2 Å². The van der Waals surface area contributed by atoms with Crippen LogP contribution in [0.3, 0.4) is 0 Å². The molecule has 186 valence electrons. The Balaban J connectivity index is 1.96. The summed E-state index contributed by atoms with van der Waals surface area (Å²) < 4.78 is 36.8. The Kier molecular flexibility index (Phi) is 7.54. The van der Waals surface area contributed by atoms with Gasteiger partial charge < -0.3 is 23.8 Å². The highest BCUT2D eigenvalue weighted by Crippen LogP contribution is 2.41. The van der Waals surface area contributed by atoms with Crippen LogP contribution in [0, 0.1) is 22.6 Å². The summed E-state index contributed by atoms with van der Waals surface area (Å²) >= 11 is 0. The number of halogens is 1. The smallest absolute Gasteiger partial charge is 0.197 e. The maximum atomic E-state index is 15.1. The molecule has 0 unspecified atom stereocenters. The van der Waals surface area contributed by atoms with Gasteiger partial charge in [-0.05, 0) is 36.1 Å². The van der Waals surface area contributed by atoms with Crippen molar-refractivity contribution < 1.29 is 28.1 Å². The third-order valence-electron chi connectivity index (χ3n) is 5.71. The molecule has 0 aliphatic carbocycles. The molecule has 0 bridgehead atoms. The molecule has 0 aromatic heterocycles. The van der Waals surface area contributed by atoms with Crippen LogP contribution in [-0.4, -0.2) is 50.5 Å². The molecule has 1 heterocycles. The number of nitrogens with one attached hydrogen (secondary N) is 1. The summed E-state index contributed by atoms with van der Waals surface area (Å²) in [6.45, 7) is 7.98. The molecule has 35 heavy (non-hydrogen) atoms. The third kappa shape index (κ3) is 5.02. The summed E-state index contributed by atoms with van der Waals surface area (Å²) in [6.07, 6.45) is 0. The van der Waals surface area contributed by atoms with E-state index in [9.17, 15) is 4.79 Å². The molecule has 0 fully saturated rings. The lowest BCUT2D eigenvalue weighted by Crippen LogP contribution is -2.30. The quantitative estimate of drug-likeness (QED) is 0.525. The Morgan fingerprint density at radius 3 is 2.43 bits per heavy atom. The van der Waals surface area contributed by atoms with E-state index >= 15 is 4.39 Å². The van der Waals surface area contributed by atoms with Crippen molar-refractivity contribution in [2.45, 2.75) is 39.7 Å². The fourth-order valence-corrected chi connectivity index (χ4v) is 4.06. The topological polar surface area (TPSA) is 105 Å². The first kappa shape index (κ1) is 25.8. The Hall–Kier alpha value is -3.80. The number of carbonyl (C=O) groups excluding carboxylic acids is 1. The predicted octanol–water partition coefficient (Wildman–Crippen LogP) is 4.47. The lowest BCUT2D eigenvalue weighted by atomic mass is 9.84. The van der Waals surface area contributed by atoms with Crippen LogP contribution in [0.4, 0.5) is 4.39 Å². The van der Waals surface area contributed by atoms with Crippen molar-refractivity contribution in [1.29, 1.82) is 10.7 Å². The lowest BCUT2D eigenvalue weighted by Gasteiger charge is -2.25. The van der Waals surface area contributed by atoms with Crippen LogP contribution in [0.1, 0.15) is 54.7 Å². The van der Waals surface area contributed by atoms with Crippen molar-refractivity contribution in [2.24, 2.45) is 0 Å². The zero-order valence-electron chi connectivity index (χ0n) is 20.9. The predicted molar refractivity (Wildman–Crippen MR) is 128 cm³/mol. The number of ether oxygens (including phenoxy) is 4. The summed E-state index contributed by atoms with van der Waals surface area (Å²) in [5.41, 5.74) is 1.34. The van der Waals surface area contributed by atoms with Gasteiger partial charge in [-0.1, -0.05) is 20.8 Å². The Morgan fingerprint density at radius 1 is 1.14 bits per heavy atom. The second kappa shape index (κ2) is 10.2. The van der Waals surface area contributed by atoms with E-state index in [1.165, 1.54) is 19.1 Å². The summed E-state index contributed by atoms with van der Waals surface area (Å²) in [4.78, 5) is 14.9. The van der Waals surface area contributed by atoms with Crippen LogP contribution >= 0.6 is 0 Å². The molecule has 0 spiro atoms. The van der Waals surface area contributed by atoms with Gasteiger partial charge in [-0.25, -0.2) is 4.39 Å². The second-order valence-electron chi connectivity index (χ2n) is 9.07. The van der Waals surface area contributed by atoms with Crippen molar-refractivity contribution in [3.05, 3.63) is 46.3 Å². The Bertz CT molecular complexity index is 1200. The van der Waals surface area contributed by atoms with Crippen molar-refractivity contribution in [2.75, 3.05) is 34.0 Å². The molecule has 0 saturated carbocycles. The van der Waals surface area contributed by atoms with Gasteiger partial charge in [-0.3, -0.25) is 10.2 Å². The molecule has 1 N–H and O–H groups in total. The van der Waals surface area contributed by atoms with Gasteiger partial charge in [0.1, 0.15) is 11.9 Å². The average molecular weight is 484 g/mol. The highest BCUT2D eigenvalue weighted by molar-refractivity contribution is 6.06. The van der Waals surface area contributed by atoms with E-state index in [4.69, 9.17) is 29.6 Å². The molecule has 0 atom stereocenters. The number of fused-ring (bicyclic) bond motifs is 1. The highest BCUT2D eigenvalue weighted by Gasteiger charge is 2.33. The molecule has 0 saturated heterocycles. The Morgan fingerprint density at radius 2 is 1.86 bits per heavy atom. The van der Waals surface area contributed by atoms with Gasteiger partial charge in [-0.2, -0.15) is 5.26 Å². The number of amidine groups is 1. The van der Waals surface area contributed by atoms with Gasteiger partial charge in [0.05, 0.1) is 32.9 Å². The average Bonchev–Trinajstić information content (AvgIpc) is 3.12. The monoisotopic (exact) mass is 483 g/mol. The number of hydrogen-bond donors (Lipinski definition) is 1. The van der Waals surface area contributed by atoms with Crippen LogP contribution in [0.2, 0.25) is 0 Å². The first-order valence-electron chi connectivity index (χ1n) is 11.2. The Labute approximate surface area is 204 Å². The van der Waals surface area contributed by atoms with Crippen molar-refractivity contribution in [3.63, 3.8) is 0 Å². The van der Waals surface area contributed by atoms with Crippen molar-refractivity contribution in [1.82, 2.24) is 4.90 Å². The minimum absolute atomic E-state index is 0.0756. The fraction of sp³-hybridized carbons (Fsp3) is 0.423. The molecule has 9 heteroatoms. The number of nitrogens with zero attached hydrogens (tertiary/aromatic N) is 2. The van der Waals surface area contributed by atoms with E-state index in [2.05, 4.69) is 0 Å². The maximum absolute atomic E-state index is 15.1. The molecule has 2 aromatic carbocycles. The molecule has 0 amide bonds. The number of methoxy groups -OCH3 is 2. The summed E-state index contributed by atoms with van der Waals surface area (Å²) in [5, 5.41) is 17.5. The van der Waals surface area contributed by atoms with Crippen LogP contribution in [0.25, 0.3) is 0 Å². The van der Waals surface area contributed by atoms with Gasteiger partial charge in [-0.15, -0.1) is 0 Å². The SMILES string of the molecule is CCOc1cc(C(=O)CN2Cc3cc(OC)c(OC)c(F)c3C2=N)cc(C(C)(C)C)c1OCC#N. The van der Waals surface area contributed by atoms with E-state index in [0.29, 0.717) is 29.2 Å². The summed E-state index contributed by atoms with van der Waals surface area (Å²) in [5.74, 6) is -0.0856. The first-order valence-corrected chi connectivity index (χ1v) is 11.2. The summed E-state index contributed by atoms with van der Waals surface area (Å²) in [6, 6.07) is 6.91. The number of carbonyl (C=O) groups is 1. The molecule has 3 rings (SSSR count). The normalized spacial score (nSPS) is 12.7. The minimum atomic E-state index is -0.686. The second-order valence-corrected chi connectivity index (χ2v) is 9.07. The van der Waals surface area contributed by atoms with Crippen LogP contribution in [0.5, 0.6) is 23.0 Å². The van der Waals surface area contributed by atoms with Gasteiger partial charge in [0.15, 0.2) is 41.2 Å². The number of Topliss-reactive ketones (excluding diaryl/α,β-unsaturated/α-hetero) is 1. The molecule has 1 aliphatic heterocycles. The maximum Gasteiger partial charge on any atom is 0.197 e. The molecular weight excluding hydrogens is 453 g/mol. The van der Waals surface area contributed by atoms with Crippen LogP contribution in [-0.2, 0) is 12.0 Å². The standard InChI is InChI=1S/C26H30FN3O5/c1-7-34-20-11-15(10-17(26(2,3)4)23(20)35-9-8-28)18(31)14-30-13-16-12-19(32-5)24(33-6)22(27)21(16)25(30)29/h10-12,29H,7,9,13-14H2,1-6H3. The zero-order valence-corrected chi connectivity index (χ0v) is 20.9.